The second-order valence-corrected chi connectivity index (χ2v) is 34.6. The number of rotatable bonds is 14. The third-order valence-corrected chi connectivity index (χ3v) is 23.9. The number of amides is 3. The average molecular weight is 1490 g/mol. The molecule has 4 aliphatic heterocycles. The second-order valence-electron chi connectivity index (χ2n) is 31.8. The Kier molecular flexibility index (Phi) is 23.5. The van der Waals surface area contributed by atoms with Crippen LogP contribution in [0.4, 0.5) is 4.39 Å². The molecule has 11 rings (SSSR count). The monoisotopic (exact) mass is 1490 g/mol. The van der Waals surface area contributed by atoms with Gasteiger partial charge in [0.15, 0.2) is 11.6 Å². The van der Waals surface area contributed by atoms with E-state index in [4.69, 9.17) is 51.6 Å². The number of carbonyl (C=O) groups excluding carboxylic acids is 7. The molecule has 103 heavy (non-hydrogen) atoms. The Hall–Kier alpha value is -7.44. The van der Waals surface area contributed by atoms with Gasteiger partial charge in [-0.2, -0.15) is 0 Å². The van der Waals surface area contributed by atoms with Gasteiger partial charge in [-0.25, -0.2) is 27.5 Å². The minimum Gasteiger partial charge on any atom is -0.494 e. The molecule has 0 radical (unpaired) electrons. The van der Waals surface area contributed by atoms with E-state index in [-0.39, 0.29) is 124 Å². The van der Waals surface area contributed by atoms with Crippen molar-refractivity contribution in [3.05, 3.63) is 83.1 Å². The van der Waals surface area contributed by atoms with E-state index in [1.54, 1.807) is 71.9 Å². The number of hydrogen-bond acceptors (Lipinski definition) is 18. The largest absolute Gasteiger partial charge is 0.494 e. The van der Waals surface area contributed by atoms with E-state index < -0.39 is 115 Å². The number of allylic oxidation sites excluding steroid dienone is 4. The smallest absolute Gasteiger partial charge is 0.310 e. The van der Waals surface area contributed by atoms with Crippen LogP contribution in [0.15, 0.2) is 73.1 Å². The Labute approximate surface area is 612 Å². The van der Waals surface area contributed by atoms with Crippen molar-refractivity contribution in [2.75, 3.05) is 27.3 Å². The summed E-state index contributed by atoms with van der Waals surface area (Å²) in [4.78, 5) is 123. The van der Waals surface area contributed by atoms with Crippen LogP contribution in [-0.4, -0.2) is 148 Å². The molecule has 3 saturated carbocycles. The molecule has 0 bridgehead atoms. The molecule has 5 fully saturated rings. The number of carbonyl (C=O) groups is 8. The fraction of sp³-hybridized carbons (Fsp3) is 0.610. The topological polar surface area (TPSA) is 291 Å². The summed E-state index contributed by atoms with van der Waals surface area (Å²) in [6.07, 6.45) is 13.2. The molecule has 560 valence electrons. The zero-order chi connectivity index (χ0) is 75.1. The summed E-state index contributed by atoms with van der Waals surface area (Å²) in [5.41, 5.74) is -4.15. The van der Waals surface area contributed by atoms with Crippen LogP contribution in [0.1, 0.15) is 172 Å². The summed E-state index contributed by atoms with van der Waals surface area (Å²) in [7, 11) is -1.60. The quantitative estimate of drug-likeness (QED) is 0.0876. The van der Waals surface area contributed by atoms with E-state index >= 15 is 0 Å². The van der Waals surface area contributed by atoms with Gasteiger partial charge in [-0.05, 0) is 153 Å². The average Bonchev–Trinajstić information content (AvgIpc) is 1.60. The molecule has 2 N–H and O–H groups in total. The molecular formula is C77H98Cl2FN5O17S. The number of alkyl halides is 1. The van der Waals surface area contributed by atoms with E-state index in [9.17, 15) is 56.3 Å². The van der Waals surface area contributed by atoms with E-state index in [0.717, 1.165) is 19.3 Å². The lowest BCUT2D eigenvalue weighted by atomic mass is 9.82. The first-order valence-electron chi connectivity index (χ1n) is 35.9. The normalized spacial score (nSPS) is 30.4. The van der Waals surface area contributed by atoms with Gasteiger partial charge in [0.25, 0.3) is 10.0 Å². The number of sulfonamides is 1. The minimum absolute atomic E-state index is 0.0284. The van der Waals surface area contributed by atoms with Crippen molar-refractivity contribution in [1.82, 2.24) is 24.5 Å². The SMILES string of the molecule is COc1cnc(O[C@@H]2C[C@H]3C(=O)C[C@]4(C(=O)NS(=O)(=O)C5(F)CC5)C[C@H]4/C=C\CCC(C)C[C@@H](C)[C@H](CC(=O)OC(C)(C)C)C(=O)N3C2)c2cccc(Cl)c12.COc1cnc(O[C@@H]2C[C@H]3C(=O)C[C@]4(C(=O)O)C[C@H]4/C=C\CCC(C)C[C@@H](C)[C@H](CC(=O)OC(C)(C)C)C(=O)N3C2)c2cccc(Cl)c12. The fourth-order valence-corrected chi connectivity index (χ4v) is 17.4. The summed E-state index contributed by atoms with van der Waals surface area (Å²) in [6.45, 7) is 18.8. The molecular weight excluding hydrogens is 1390 g/mol. The van der Waals surface area contributed by atoms with Gasteiger partial charge in [-0.3, -0.25) is 38.4 Å². The van der Waals surface area contributed by atoms with Gasteiger partial charge in [0.2, 0.25) is 34.5 Å². The molecule has 14 atom stereocenters. The highest BCUT2D eigenvalue weighted by atomic mass is 35.5. The predicted molar refractivity (Wildman–Crippen MR) is 384 cm³/mol. The van der Waals surface area contributed by atoms with Gasteiger partial charge in [-0.15, -0.1) is 0 Å². The zero-order valence-electron chi connectivity index (χ0n) is 60.9. The van der Waals surface area contributed by atoms with Crippen LogP contribution in [0.5, 0.6) is 23.3 Å². The first kappa shape index (κ1) is 78.2. The van der Waals surface area contributed by atoms with Crippen LogP contribution in [0, 0.1) is 58.2 Å². The molecule has 3 amide bonds. The second kappa shape index (κ2) is 30.9. The maximum absolute atomic E-state index is 14.8. The maximum Gasteiger partial charge on any atom is 0.310 e. The van der Waals surface area contributed by atoms with Gasteiger partial charge < -0.3 is 43.3 Å². The van der Waals surface area contributed by atoms with E-state index in [1.807, 2.05) is 48.9 Å². The minimum atomic E-state index is -4.63. The Morgan fingerprint density at radius 1 is 0.641 bits per heavy atom. The van der Waals surface area contributed by atoms with Crippen LogP contribution in [0.3, 0.4) is 0 Å². The highest BCUT2D eigenvalue weighted by Crippen LogP contribution is 2.59. The van der Waals surface area contributed by atoms with Crippen LogP contribution >= 0.6 is 23.2 Å². The molecule has 2 aromatic carbocycles. The third kappa shape index (κ3) is 17.8. The van der Waals surface area contributed by atoms with Gasteiger partial charge in [0.05, 0.1) is 97.3 Å². The van der Waals surface area contributed by atoms with Crippen LogP contribution in [-0.2, 0) is 57.9 Å². The number of ketones is 2. The summed E-state index contributed by atoms with van der Waals surface area (Å²) in [5.74, 6) is -5.38. The van der Waals surface area contributed by atoms with Crippen molar-refractivity contribution < 1.29 is 84.7 Å². The van der Waals surface area contributed by atoms with Crippen LogP contribution in [0.25, 0.3) is 21.5 Å². The molecule has 2 aromatic heterocycles. The fourth-order valence-electron chi connectivity index (χ4n) is 15.6. The number of aromatic nitrogens is 2. The lowest BCUT2D eigenvalue weighted by Gasteiger charge is -2.32. The summed E-state index contributed by atoms with van der Waals surface area (Å²) in [6, 6.07) is 8.56. The van der Waals surface area contributed by atoms with Crippen molar-refractivity contribution in [1.29, 1.82) is 0 Å². The van der Waals surface area contributed by atoms with E-state index in [1.165, 1.54) is 36.4 Å². The number of esters is 2. The maximum atomic E-state index is 14.8. The number of benzene rings is 2. The molecule has 2 saturated heterocycles. The number of aliphatic carboxylic acids is 1. The van der Waals surface area contributed by atoms with Crippen LogP contribution in [0.2, 0.25) is 10.0 Å². The standard InChI is InChI=1S/C40H51ClFN3O9S.C37H47ClN2O8/c1-23-10-7-8-11-25-19-39(25,37(49)44-55(50,51)40(42)14-15-40)20-31(46)30-17-26(53-35-27-12-9-13-29(41)34(27)32(52-6)21-43-35)22-45(30)36(48)28(24(2)16-23)18-33(47)54-38(3,4)5;1-21-10-7-8-11-23-17-37(23,35(44)45)18-29(41)28-15-24(47-33-25-12-9-13-27(38)32(25)30(46-6)19-39-33)20-40(28)34(43)26(22(2)14-21)16-31(42)48-36(3,4)5/h8-9,11-13,21,23-26,28,30H,7,10,14-20,22H2,1-6H3,(H,44,49);8-9,11-13,19,21-24,26,28H,7,10,14-18,20H2,1-6H3,(H,44,45)/b2*11-8-/t23?,24-,25-,26-,28+,30+,39-;21?,22-,23-,24-,26+,28+,37-/m11/s1. The number of nitrogens with one attached hydrogen (secondary N) is 1. The van der Waals surface area contributed by atoms with Crippen molar-refractivity contribution in [3.63, 3.8) is 0 Å². The van der Waals surface area contributed by atoms with Gasteiger partial charge in [0.1, 0.15) is 34.9 Å². The van der Waals surface area contributed by atoms with Gasteiger partial charge in [-0.1, -0.05) is 87.3 Å². The molecule has 0 spiro atoms. The summed E-state index contributed by atoms with van der Waals surface area (Å²) in [5, 5.41) is 11.0. The molecule has 22 nitrogen and oxygen atoms in total. The van der Waals surface area contributed by atoms with Crippen molar-refractivity contribution in [2.45, 2.75) is 212 Å². The number of nitrogens with zero attached hydrogens (tertiary/aromatic N) is 4. The Bertz CT molecular complexity index is 4120. The zero-order valence-corrected chi connectivity index (χ0v) is 63.2. The lowest BCUT2D eigenvalue weighted by Crippen LogP contribution is -2.48. The molecule has 3 aliphatic carbocycles. The molecule has 4 aromatic rings. The lowest BCUT2D eigenvalue weighted by molar-refractivity contribution is -0.160. The molecule has 26 heteroatoms. The van der Waals surface area contributed by atoms with Crippen molar-refractivity contribution in [3.8, 4) is 23.3 Å². The third-order valence-electron chi connectivity index (χ3n) is 21.4. The Morgan fingerprint density at radius 3 is 1.45 bits per heavy atom. The number of hydrogen-bond donors (Lipinski definition) is 2. The van der Waals surface area contributed by atoms with Gasteiger partial charge in [0, 0.05) is 60.1 Å². The first-order chi connectivity index (χ1) is 48.4. The van der Waals surface area contributed by atoms with Crippen LogP contribution < -0.4 is 23.7 Å². The number of ether oxygens (including phenoxy) is 6. The molecule has 6 heterocycles. The number of halogens is 3. The van der Waals surface area contributed by atoms with Gasteiger partial charge >= 0.3 is 17.9 Å². The number of carboxylic acids is 1. The molecule has 2 unspecified atom stereocenters. The number of methoxy groups -OCH3 is 2. The van der Waals surface area contributed by atoms with Crippen molar-refractivity contribution >= 4 is 102 Å². The Morgan fingerprint density at radius 2 is 1.05 bits per heavy atom. The predicted octanol–water partition coefficient (Wildman–Crippen LogP) is 13.1. The Balaban J connectivity index is 0.000000224. The highest BCUT2D eigenvalue weighted by Gasteiger charge is 2.65. The van der Waals surface area contributed by atoms with Crippen molar-refractivity contribution in [2.24, 2.45) is 58.2 Å². The number of pyridine rings is 2. The first-order valence-corrected chi connectivity index (χ1v) is 38.1. The number of Topliss-reactive ketones (excluding diaryl/α,β-unsaturated/α-hetero) is 2. The number of carboxylic acid groups (broad SMARTS) is 1. The summed E-state index contributed by atoms with van der Waals surface area (Å²) >= 11 is 13.1. The summed E-state index contributed by atoms with van der Waals surface area (Å²) < 4.78 is 77.6. The van der Waals surface area contributed by atoms with E-state index in [0.29, 0.717) is 68.8 Å². The van der Waals surface area contributed by atoms with E-state index in [2.05, 4.69) is 23.8 Å². The number of fused-ring (bicyclic) bond motifs is 6. The highest BCUT2D eigenvalue weighted by molar-refractivity contribution is 7.91. The molecule has 7 aliphatic rings.